The summed E-state index contributed by atoms with van der Waals surface area (Å²) in [5.74, 6) is 0. The zero-order chi connectivity index (χ0) is 37.8. The Balaban J connectivity index is 0.00000396. The number of anilines is 3. The van der Waals surface area contributed by atoms with Crippen molar-refractivity contribution < 1.29 is 0 Å². The number of nitrogens with zero attached hydrogens (tertiary/aromatic N) is 2. The van der Waals surface area contributed by atoms with Crippen molar-refractivity contribution in [1.29, 1.82) is 0 Å². The molecular weight excluding hydrogens is 689 g/mol. The predicted molar refractivity (Wildman–Crippen MR) is 243 cm³/mol. The quantitative estimate of drug-likeness (QED) is 0.171. The summed E-state index contributed by atoms with van der Waals surface area (Å²) in [6, 6.07) is 67.5. The zero-order valence-electron chi connectivity index (χ0n) is 32.2. The Bertz CT molecular complexity index is 3030. The van der Waals surface area contributed by atoms with E-state index in [0.717, 1.165) is 11.4 Å². The van der Waals surface area contributed by atoms with Gasteiger partial charge in [-0.1, -0.05) is 156 Å². The van der Waals surface area contributed by atoms with Gasteiger partial charge < -0.3 is 9.47 Å². The maximum atomic E-state index is 2.52. The Morgan fingerprint density at radius 1 is 0.404 bits per heavy atom. The largest absolute Gasteiger partial charge is 0.310 e. The van der Waals surface area contributed by atoms with E-state index in [1.54, 1.807) is 0 Å². The van der Waals surface area contributed by atoms with E-state index in [-0.39, 0.29) is 18.3 Å². The molecule has 11 rings (SSSR count). The molecule has 2 nitrogen and oxygen atoms in total. The highest BCUT2D eigenvalue weighted by atomic mass is 15.1. The fraction of sp³-hybridized carbons (Fsp3) is 0.127. The van der Waals surface area contributed by atoms with Crippen LogP contribution in [0.15, 0.2) is 182 Å². The molecule has 0 N–H and O–H groups in total. The second-order valence-electron chi connectivity index (χ2n) is 16.6. The molecule has 0 unspecified atom stereocenters. The molecule has 57 heavy (non-hydrogen) atoms. The predicted octanol–water partition coefficient (Wildman–Crippen LogP) is 15.2. The number of hydrogen-bond donors (Lipinski definition) is 0. The van der Waals surface area contributed by atoms with Gasteiger partial charge in [-0.3, -0.25) is 0 Å². The monoisotopic (exact) mass is 734 g/mol. The van der Waals surface area contributed by atoms with Crippen LogP contribution in [0.1, 0.15) is 57.4 Å². The summed E-state index contributed by atoms with van der Waals surface area (Å²) in [6.07, 6.45) is 0. The average Bonchev–Trinajstić information content (AvgIpc) is 3.78. The van der Waals surface area contributed by atoms with Crippen molar-refractivity contribution in [2.45, 2.75) is 46.0 Å². The minimum atomic E-state index is -0.179. The molecule has 1 aromatic heterocycles. The lowest BCUT2D eigenvalue weighted by Crippen LogP contribution is -2.21. The maximum absolute atomic E-state index is 2.52. The third kappa shape index (κ3) is 5.03. The number of fused-ring (bicyclic) bond motifs is 9. The third-order valence-corrected chi connectivity index (χ3v) is 12.7. The van der Waals surface area contributed by atoms with Gasteiger partial charge in [-0.15, -0.1) is 0 Å². The summed E-state index contributed by atoms with van der Waals surface area (Å²) in [5, 5.41) is 2.51. The maximum Gasteiger partial charge on any atom is 0.0541 e. The van der Waals surface area contributed by atoms with Crippen LogP contribution >= 0.6 is 0 Å². The van der Waals surface area contributed by atoms with Crippen molar-refractivity contribution in [2.24, 2.45) is 0 Å². The van der Waals surface area contributed by atoms with Crippen molar-refractivity contribution in [2.75, 3.05) is 4.90 Å². The number of rotatable bonds is 5. The first-order valence-corrected chi connectivity index (χ1v) is 19.8. The summed E-state index contributed by atoms with van der Waals surface area (Å²) < 4.78 is 2.38. The normalized spacial score (nSPS) is 14.1. The number of aromatic nitrogens is 1. The van der Waals surface area contributed by atoms with Crippen molar-refractivity contribution in [3.63, 3.8) is 0 Å². The molecule has 9 aromatic rings. The Morgan fingerprint density at radius 3 is 1.81 bits per heavy atom. The smallest absolute Gasteiger partial charge is 0.0541 e. The first-order valence-electron chi connectivity index (χ1n) is 19.8. The standard InChI is InChI=1S/C54H42N2.CH4/c1-53(2)46-24-11-9-21-41(46)44-34-39(29-30-48(44)53)55(51-27-15-23-43-40-20-8-12-25-47(40)54(3,4)52(43)51)38-19-14-16-35(32-38)36-28-31-50-45(33-36)42-22-10-13-26-49(42)56(50)37-17-6-5-7-18-37;/h5-34H,1-4H3;1H4. The molecule has 2 aliphatic rings. The molecule has 0 radical (unpaired) electrons. The van der Waals surface area contributed by atoms with Gasteiger partial charge in [0, 0.05) is 38.7 Å². The van der Waals surface area contributed by atoms with Crippen LogP contribution < -0.4 is 4.90 Å². The van der Waals surface area contributed by atoms with Crippen LogP contribution in [0, 0.1) is 0 Å². The van der Waals surface area contributed by atoms with E-state index >= 15 is 0 Å². The Labute approximate surface area is 336 Å². The minimum absolute atomic E-state index is 0. The number of hydrogen-bond acceptors (Lipinski definition) is 1. The molecule has 2 heteroatoms. The van der Waals surface area contributed by atoms with E-state index < -0.39 is 0 Å². The lowest BCUT2D eigenvalue weighted by atomic mass is 9.81. The van der Waals surface area contributed by atoms with Crippen LogP contribution in [0.4, 0.5) is 17.1 Å². The van der Waals surface area contributed by atoms with Crippen molar-refractivity contribution in [3.05, 3.63) is 204 Å². The lowest BCUT2D eigenvalue weighted by Gasteiger charge is -2.33. The van der Waals surface area contributed by atoms with Crippen LogP contribution in [0.5, 0.6) is 0 Å². The van der Waals surface area contributed by atoms with Gasteiger partial charge in [0.1, 0.15) is 0 Å². The van der Waals surface area contributed by atoms with Crippen LogP contribution in [0.25, 0.3) is 60.9 Å². The van der Waals surface area contributed by atoms with E-state index in [0.29, 0.717) is 0 Å². The summed E-state index contributed by atoms with van der Waals surface area (Å²) in [5.41, 5.74) is 20.1. The molecule has 0 aliphatic heterocycles. The van der Waals surface area contributed by atoms with Crippen LogP contribution in [-0.2, 0) is 10.8 Å². The topological polar surface area (TPSA) is 8.17 Å². The summed E-state index contributed by atoms with van der Waals surface area (Å²) in [7, 11) is 0. The molecule has 0 atom stereocenters. The van der Waals surface area contributed by atoms with E-state index in [1.165, 1.54) is 88.8 Å². The van der Waals surface area contributed by atoms with Gasteiger partial charge >= 0.3 is 0 Å². The highest BCUT2D eigenvalue weighted by Crippen LogP contribution is 2.56. The summed E-state index contributed by atoms with van der Waals surface area (Å²) in [6.45, 7) is 9.49. The number of benzene rings is 8. The summed E-state index contributed by atoms with van der Waals surface area (Å²) >= 11 is 0. The highest BCUT2D eigenvalue weighted by Gasteiger charge is 2.40. The van der Waals surface area contributed by atoms with Gasteiger partial charge in [0.25, 0.3) is 0 Å². The van der Waals surface area contributed by atoms with Gasteiger partial charge in [-0.05, 0) is 116 Å². The molecule has 0 saturated carbocycles. The van der Waals surface area contributed by atoms with E-state index in [4.69, 9.17) is 0 Å². The second kappa shape index (κ2) is 12.7. The Kier molecular flexibility index (Phi) is 7.76. The molecular formula is C55H46N2. The average molecular weight is 735 g/mol. The molecule has 0 fully saturated rings. The fourth-order valence-electron chi connectivity index (χ4n) is 10.1. The van der Waals surface area contributed by atoms with Crippen LogP contribution in [-0.4, -0.2) is 4.57 Å². The van der Waals surface area contributed by atoms with Crippen LogP contribution in [0.2, 0.25) is 0 Å². The second-order valence-corrected chi connectivity index (χ2v) is 16.6. The molecule has 0 amide bonds. The Morgan fingerprint density at radius 2 is 1.00 bits per heavy atom. The molecule has 276 valence electrons. The van der Waals surface area contributed by atoms with E-state index in [2.05, 4.69) is 219 Å². The van der Waals surface area contributed by atoms with Gasteiger partial charge in [0.15, 0.2) is 0 Å². The fourth-order valence-corrected chi connectivity index (χ4v) is 10.1. The van der Waals surface area contributed by atoms with Gasteiger partial charge in [0.05, 0.1) is 16.7 Å². The molecule has 0 spiro atoms. The highest BCUT2D eigenvalue weighted by molar-refractivity contribution is 6.10. The van der Waals surface area contributed by atoms with Gasteiger partial charge in [-0.2, -0.15) is 0 Å². The van der Waals surface area contributed by atoms with Crippen molar-refractivity contribution >= 4 is 38.9 Å². The van der Waals surface area contributed by atoms with E-state index in [9.17, 15) is 0 Å². The Hall–Kier alpha value is -6.64. The third-order valence-electron chi connectivity index (χ3n) is 12.7. The summed E-state index contributed by atoms with van der Waals surface area (Å²) in [4.78, 5) is 2.52. The number of para-hydroxylation sites is 2. The minimum Gasteiger partial charge on any atom is -0.310 e. The van der Waals surface area contributed by atoms with Gasteiger partial charge in [0.2, 0.25) is 0 Å². The van der Waals surface area contributed by atoms with Gasteiger partial charge in [-0.25, -0.2) is 0 Å². The van der Waals surface area contributed by atoms with Crippen molar-refractivity contribution in [3.8, 4) is 39.1 Å². The molecule has 2 aliphatic carbocycles. The van der Waals surface area contributed by atoms with E-state index in [1.807, 2.05) is 0 Å². The lowest BCUT2D eigenvalue weighted by molar-refractivity contribution is 0.660. The first kappa shape index (κ1) is 34.8. The first-order chi connectivity index (χ1) is 27.3. The SMILES string of the molecule is C.CC1(C)c2ccccc2-c2cc(N(c3cccc(-c4ccc5c(c4)c4ccccc4n5-c4ccccc4)c3)c3cccc4c3C(C)(C)c3ccccc3-4)ccc21. The van der Waals surface area contributed by atoms with Crippen molar-refractivity contribution in [1.82, 2.24) is 4.57 Å². The molecule has 1 heterocycles. The molecule has 8 aromatic carbocycles. The zero-order valence-corrected chi connectivity index (χ0v) is 32.2. The molecule has 0 bridgehead atoms. The molecule has 0 saturated heterocycles. The van der Waals surface area contributed by atoms with Crippen LogP contribution in [0.3, 0.4) is 0 Å².